The van der Waals surface area contributed by atoms with E-state index in [1.54, 1.807) is 23.8 Å². The fourth-order valence-corrected chi connectivity index (χ4v) is 2.46. The minimum atomic E-state index is -0.400. The molecule has 2 aromatic rings. The average Bonchev–Trinajstić information content (AvgIpc) is 3.17. The number of rotatable bonds is 7. The van der Waals surface area contributed by atoms with Crippen LogP contribution >= 0.6 is 11.3 Å². The van der Waals surface area contributed by atoms with Gasteiger partial charge in [-0.2, -0.15) is 0 Å². The molecule has 1 aromatic carbocycles. The zero-order valence-electron chi connectivity index (χ0n) is 11.3. The highest BCUT2D eigenvalue weighted by molar-refractivity contribution is 7.09. The van der Waals surface area contributed by atoms with E-state index in [0.717, 1.165) is 10.4 Å². The highest BCUT2D eigenvalue weighted by Gasteiger charge is 2.21. The summed E-state index contributed by atoms with van der Waals surface area (Å²) in [7, 11) is 0. The van der Waals surface area contributed by atoms with Gasteiger partial charge >= 0.3 is 5.69 Å². The van der Waals surface area contributed by atoms with Gasteiger partial charge in [0, 0.05) is 24.8 Å². The summed E-state index contributed by atoms with van der Waals surface area (Å²) in [6.07, 6.45) is 4.08. The molecule has 1 N–H and O–H groups in total. The minimum absolute atomic E-state index is 0.00890. The van der Waals surface area contributed by atoms with Gasteiger partial charge in [0.2, 0.25) is 0 Å². The molecular weight excluding hydrogens is 290 g/mol. The topological polar surface area (TPSA) is 77.3 Å². The van der Waals surface area contributed by atoms with Gasteiger partial charge in [0.05, 0.1) is 15.3 Å². The number of nitro benzene ring substituents is 1. The molecule has 0 radical (unpaired) electrons. The number of aromatic nitrogens is 1. The van der Waals surface area contributed by atoms with Crippen LogP contribution < -0.4 is 10.1 Å². The summed E-state index contributed by atoms with van der Waals surface area (Å²) in [5.41, 5.74) is 2.62. The molecule has 110 valence electrons. The van der Waals surface area contributed by atoms with E-state index in [4.69, 9.17) is 4.74 Å². The van der Waals surface area contributed by atoms with Crippen molar-refractivity contribution in [3.63, 3.8) is 0 Å². The predicted molar refractivity (Wildman–Crippen MR) is 79.4 cm³/mol. The molecule has 1 fully saturated rings. The molecule has 21 heavy (non-hydrogen) atoms. The van der Waals surface area contributed by atoms with Gasteiger partial charge in [-0.25, -0.2) is 0 Å². The van der Waals surface area contributed by atoms with Crippen LogP contribution in [0.15, 0.2) is 29.9 Å². The monoisotopic (exact) mass is 305 g/mol. The molecule has 6 nitrogen and oxygen atoms in total. The molecule has 0 aliphatic heterocycles. The van der Waals surface area contributed by atoms with E-state index < -0.39 is 4.92 Å². The first-order valence-electron chi connectivity index (χ1n) is 6.73. The standard InChI is InChI=1S/C14H15N3O3S/c18-17(19)13-5-10(6-16-11-2-3-11)1-4-14(13)20-8-12-7-15-9-21-12/h1,4-5,7,9,11,16H,2-3,6,8H2. The maximum Gasteiger partial charge on any atom is 0.311 e. The second-order valence-corrected chi connectivity index (χ2v) is 5.94. The van der Waals surface area contributed by atoms with E-state index in [2.05, 4.69) is 10.3 Å². The smallest absolute Gasteiger partial charge is 0.311 e. The molecule has 1 aliphatic rings. The molecule has 7 heteroatoms. The maximum absolute atomic E-state index is 11.2. The van der Waals surface area contributed by atoms with Crippen LogP contribution in [0.4, 0.5) is 5.69 Å². The fraction of sp³-hybridized carbons (Fsp3) is 0.357. The first kappa shape index (κ1) is 14.0. The molecule has 0 saturated heterocycles. The van der Waals surface area contributed by atoms with Crippen molar-refractivity contribution in [2.75, 3.05) is 0 Å². The third-order valence-corrected chi connectivity index (χ3v) is 4.00. The lowest BCUT2D eigenvalue weighted by Gasteiger charge is -2.08. The largest absolute Gasteiger partial charge is 0.481 e. The van der Waals surface area contributed by atoms with Gasteiger partial charge in [-0.3, -0.25) is 15.1 Å². The Morgan fingerprint density at radius 2 is 2.33 bits per heavy atom. The number of hydrogen-bond acceptors (Lipinski definition) is 6. The Morgan fingerprint density at radius 3 is 3.00 bits per heavy atom. The molecule has 0 bridgehead atoms. The SMILES string of the molecule is O=[N+]([O-])c1cc(CNC2CC2)ccc1OCc1cncs1. The predicted octanol–water partition coefficient (Wildman–Crippen LogP) is 2.88. The molecule has 1 heterocycles. The van der Waals surface area contributed by atoms with E-state index >= 15 is 0 Å². The van der Waals surface area contributed by atoms with Gasteiger partial charge in [-0.05, 0) is 24.5 Å². The van der Waals surface area contributed by atoms with Crippen molar-refractivity contribution in [3.05, 3.63) is 50.5 Å². The zero-order valence-corrected chi connectivity index (χ0v) is 12.1. The molecular formula is C14H15N3O3S. The van der Waals surface area contributed by atoms with Crippen LogP contribution in [0.3, 0.4) is 0 Å². The van der Waals surface area contributed by atoms with Gasteiger partial charge in [0.15, 0.2) is 5.75 Å². The lowest BCUT2D eigenvalue weighted by atomic mass is 10.2. The minimum Gasteiger partial charge on any atom is -0.481 e. The Morgan fingerprint density at radius 1 is 1.48 bits per heavy atom. The first-order chi connectivity index (χ1) is 10.2. The Bertz CT molecular complexity index is 626. The fourth-order valence-electron chi connectivity index (χ4n) is 1.95. The lowest BCUT2D eigenvalue weighted by Crippen LogP contribution is -2.15. The highest BCUT2D eigenvalue weighted by atomic mass is 32.1. The quantitative estimate of drug-likeness (QED) is 0.628. The molecule has 1 aliphatic carbocycles. The number of nitrogens with one attached hydrogen (secondary N) is 1. The van der Waals surface area contributed by atoms with Crippen LogP contribution in [0.2, 0.25) is 0 Å². The highest BCUT2D eigenvalue weighted by Crippen LogP contribution is 2.29. The first-order valence-corrected chi connectivity index (χ1v) is 7.61. The second-order valence-electron chi connectivity index (χ2n) is 4.97. The summed E-state index contributed by atoms with van der Waals surface area (Å²) in [5, 5.41) is 14.5. The zero-order chi connectivity index (χ0) is 14.7. The number of thiazole rings is 1. The summed E-state index contributed by atoms with van der Waals surface area (Å²) in [6, 6.07) is 5.69. The summed E-state index contributed by atoms with van der Waals surface area (Å²) in [5.74, 6) is 0.295. The maximum atomic E-state index is 11.2. The van der Waals surface area contributed by atoms with Crippen molar-refractivity contribution in [3.8, 4) is 5.75 Å². The third-order valence-electron chi connectivity index (χ3n) is 3.25. The van der Waals surface area contributed by atoms with E-state index in [9.17, 15) is 10.1 Å². The van der Waals surface area contributed by atoms with Crippen molar-refractivity contribution in [1.29, 1.82) is 0 Å². The van der Waals surface area contributed by atoms with E-state index in [1.165, 1.54) is 24.2 Å². The lowest BCUT2D eigenvalue weighted by molar-refractivity contribution is -0.386. The van der Waals surface area contributed by atoms with Crippen LogP contribution in [-0.4, -0.2) is 15.9 Å². The molecule has 1 aromatic heterocycles. The Hall–Kier alpha value is -1.99. The van der Waals surface area contributed by atoms with Gasteiger partial charge in [0.1, 0.15) is 6.61 Å². The Labute approximate surface area is 125 Å². The van der Waals surface area contributed by atoms with Gasteiger partial charge in [-0.15, -0.1) is 11.3 Å². The molecule has 3 rings (SSSR count). The van der Waals surface area contributed by atoms with E-state index in [1.807, 2.05) is 6.07 Å². The summed E-state index contributed by atoms with van der Waals surface area (Å²) < 4.78 is 5.54. The van der Waals surface area contributed by atoms with Gasteiger partial charge < -0.3 is 10.1 Å². The molecule has 0 atom stereocenters. The number of nitrogens with zero attached hydrogens (tertiary/aromatic N) is 2. The van der Waals surface area contributed by atoms with Crippen molar-refractivity contribution in [2.24, 2.45) is 0 Å². The van der Waals surface area contributed by atoms with Crippen molar-refractivity contribution in [2.45, 2.75) is 32.0 Å². The number of benzene rings is 1. The van der Waals surface area contributed by atoms with Gasteiger partial charge in [-0.1, -0.05) is 6.07 Å². The van der Waals surface area contributed by atoms with Gasteiger partial charge in [0.25, 0.3) is 0 Å². The number of hydrogen-bond donors (Lipinski definition) is 1. The summed E-state index contributed by atoms with van der Waals surface area (Å²) >= 11 is 1.46. The molecule has 1 saturated carbocycles. The number of ether oxygens (including phenoxy) is 1. The summed E-state index contributed by atoms with van der Waals surface area (Å²) in [6.45, 7) is 0.950. The van der Waals surface area contributed by atoms with Crippen LogP contribution in [0, 0.1) is 10.1 Å². The molecule has 0 unspecified atom stereocenters. The van der Waals surface area contributed by atoms with Crippen molar-refractivity contribution in [1.82, 2.24) is 10.3 Å². The molecule has 0 amide bonds. The van der Waals surface area contributed by atoms with E-state index in [-0.39, 0.29) is 5.69 Å². The Balaban J connectivity index is 1.70. The normalized spacial score (nSPS) is 14.1. The van der Waals surface area contributed by atoms with Crippen LogP contribution in [0.25, 0.3) is 0 Å². The average molecular weight is 305 g/mol. The number of nitro groups is 1. The van der Waals surface area contributed by atoms with Crippen LogP contribution in [0.1, 0.15) is 23.3 Å². The van der Waals surface area contributed by atoms with Crippen LogP contribution in [-0.2, 0) is 13.2 Å². The van der Waals surface area contributed by atoms with E-state index in [0.29, 0.717) is 24.9 Å². The summed E-state index contributed by atoms with van der Waals surface area (Å²) in [4.78, 5) is 15.7. The van der Waals surface area contributed by atoms with Crippen molar-refractivity contribution < 1.29 is 9.66 Å². The Kier molecular flexibility index (Phi) is 4.12. The third kappa shape index (κ3) is 3.77. The second kappa shape index (κ2) is 6.19. The van der Waals surface area contributed by atoms with Crippen molar-refractivity contribution >= 4 is 17.0 Å². The van der Waals surface area contributed by atoms with Crippen LogP contribution in [0.5, 0.6) is 5.75 Å². The molecule has 0 spiro atoms.